The summed E-state index contributed by atoms with van der Waals surface area (Å²) in [4.78, 5) is 0. The number of hydrogen-bond acceptors (Lipinski definition) is 2. The van der Waals surface area contributed by atoms with Crippen LogP contribution in [0, 0.1) is 0 Å². The minimum atomic E-state index is 0.498. The molecule has 2 rings (SSSR count). The van der Waals surface area contributed by atoms with Crippen molar-refractivity contribution in [3.63, 3.8) is 0 Å². The Balaban J connectivity index is 1.81. The third-order valence-electron chi connectivity index (χ3n) is 2.67. The van der Waals surface area contributed by atoms with Gasteiger partial charge in [0, 0.05) is 17.6 Å². The van der Waals surface area contributed by atoms with Gasteiger partial charge in [0.05, 0.1) is 13.2 Å². The van der Waals surface area contributed by atoms with Gasteiger partial charge in [0.15, 0.2) is 0 Å². The maximum absolute atomic E-state index is 5.93. The van der Waals surface area contributed by atoms with E-state index in [0.717, 1.165) is 37.6 Å². The van der Waals surface area contributed by atoms with Crippen LogP contribution in [0.2, 0.25) is 5.02 Å². The van der Waals surface area contributed by atoms with Crippen LogP contribution in [0.15, 0.2) is 24.3 Å². The van der Waals surface area contributed by atoms with E-state index in [2.05, 4.69) is 11.4 Å². The number of benzene rings is 1. The molecule has 0 bridgehead atoms. The molecule has 0 amide bonds. The van der Waals surface area contributed by atoms with Gasteiger partial charge in [-0.05, 0) is 30.5 Å². The Morgan fingerprint density at radius 2 is 2.40 bits per heavy atom. The minimum absolute atomic E-state index is 0.498. The van der Waals surface area contributed by atoms with Crippen molar-refractivity contribution < 1.29 is 4.74 Å². The Morgan fingerprint density at radius 1 is 1.47 bits per heavy atom. The number of ether oxygens (including phenoxy) is 1. The van der Waals surface area contributed by atoms with Gasteiger partial charge in [-0.25, -0.2) is 0 Å². The zero-order valence-corrected chi connectivity index (χ0v) is 9.46. The van der Waals surface area contributed by atoms with Crippen molar-refractivity contribution in [2.45, 2.75) is 18.9 Å². The minimum Gasteiger partial charge on any atom is -0.379 e. The highest BCUT2D eigenvalue weighted by Gasteiger charge is 2.12. The Bertz CT molecular complexity index is 310. The van der Waals surface area contributed by atoms with E-state index in [1.54, 1.807) is 0 Å². The van der Waals surface area contributed by atoms with E-state index in [0.29, 0.717) is 6.04 Å². The first-order chi connectivity index (χ1) is 7.34. The maximum Gasteiger partial charge on any atom is 0.0620 e. The van der Waals surface area contributed by atoms with Gasteiger partial charge in [-0.2, -0.15) is 0 Å². The Labute approximate surface area is 95.6 Å². The monoisotopic (exact) mass is 225 g/mol. The Hall–Kier alpha value is -0.570. The lowest BCUT2D eigenvalue weighted by Gasteiger charge is -2.23. The van der Waals surface area contributed by atoms with E-state index in [-0.39, 0.29) is 0 Å². The Morgan fingerprint density at radius 3 is 3.13 bits per heavy atom. The van der Waals surface area contributed by atoms with Gasteiger partial charge in [-0.15, -0.1) is 0 Å². The lowest BCUT2D eigenvalue weighted by molar-refractivity contribution is 0.0743. The molecule has 0 aromatic heterocycles. The Kier molecular flexibility index (Phi) is 4.01. The highest BCUT2D eigenvalue weighted by Crippen LogP contribution is 2.13. The third kappa shape index (κ3) is 3.49. The highest BCUT2D eigenvalue weighted by atomic mass is 35.5. The molecule has 1 heterocycles. The molecule has 1 saturated heterocycles. The molecule has 3 heteroatoms. The first kappa shape index (κ1) is 10.9. The van der Waals surface area contributed by atoms with Crippen LogP contribution >= 0.6 is 11.6 Å². The van der Waals surface area contributed by atoms with E-state index in [1.165, 1.54) is 5.56 Å². The third-order valence-corrected chi connectivity index (χ3v) is 2.90. The fourth-order valence-electron chi connectivity index (χ4n) is 1.84. The van der Waals surface area contributed by atoms with Crippen LogP contribution in [0.5, 0.6) is 0 Å². The molecule has 1 unspecified atom stereocenters. The molecule has 82 valence electrons. The van der Waals surface area contributed by atoms with Gasteiger partial charge >= 0.3 is 0 Å². The molecule has 15 heavy (non-hydrogen) atoms. The zero-order valence-electron chi connectivity index (χ0n) is 8.71. The molecule has 2 nitrogen and oxygen atoms in total. The van der Waals surface area contributed by atoms with Crippen LogP contribution in [-0.2, 0) is 11.2 Å². The van der Waals surface area contributed by atoms with Crippen LogP contribution in [0.4, 0.5) is 0 Å². The SMILES string of the molecule is Clc1cccc(CCC2COCCN2)c1. The van der Waals surface area contributed by atoms with E-state index >= 15 is 0 Å². The van der Waals surface area contributed by atoms with Crippen molar-refractivity contribution in [2.24, 2.45) is 0 Å². The van der Waals surface area contributed by atoms with E-state index < -0.39 is 0 Å². The molecule has 0 spiro atoms. The van der Waals surface area contributed by atoms with Gasteiger partial charge in [-0.1, -0.05) is 23.7 Å². The summed E-state index contributed by atoms with van der Waals surface area (Å²) < 4.78 is 5.41. The van der Waals surface area contributed by atoms with Gasteiger partial charge in [0.1, 0.15) is 0 Å². The smallest absolute Gasteiger partial charge is 0.0620 e. The van der Waals surface area contributed by atoms with Crippen molar-refractivity contribution in [1.82, 2.24) is 5.32 Å². The summed E-state index contributed by atoms with van der Waals surface area (Å²) in [7, 11) is 0. The molecule has 1 fully saturated rings. The summed E-state index contributed by atoms with van der Waals surface area (Å²) in [6, 6.07) is 8.56. The summed E-state index contributed by atoms with van der Waals surface area (Å²) >= 11 is 5.93. The standard InChI is InChI=1S/C12H16ClNO/c13-11-3-1-2-10(8-11)4-5-12-9-15-7-6-14-12/h1-3,8,12,14H,4-7,9H2. The van der Waals surface area contributed by atoms with Crippen LogP contribution in [-0.4, -0.2) is 25.8 Å². The predicted molar refractivity (Wildman–Crippen MR) is 62.4 cm³/mol. The van der Waals surface area contributed by atoms with Gasteiger partial charge in [0.2, 0.25) is 0 Å². The molecule has 1 atom stereocenters. The second kappa shape index (κ2) is 5.50. The first-order valence-corrected chi connectivity index (χ1v) is 5.78. The van der Waals surface area contributed by atoms with Gasteiger partial charge in [0.25, 0.3) is 0 Å². The van der Waals surface area contributed by atoms with Crippen LogP contribution in [0.3, 0.4) is 0 Å². The van der Waals surface area contributed by atoms with Crippen molar-refractivity contribution >= 4 is 11.6 Å². The summed E-state index contributed by atoms with van der Waals surface area (Å²) in [5.74, 6) is 0. The van der Waals surface area contributed by atoms with E-state index in [4.69, 9.17) is 16.3 Å². The summed E-state index contributed by atoms with van der Waals surface area (Å²) in [6.07, 6.45) is 2.17. The molecule has 1 aliphatic rings. The normalized spacial score (nSPS) is 21.5. The molecule has 0 aliphatic carbocycles. The van der Waals surface area contributed by atoms with Crippen molar-refractivity contribution in [3.8, 4) is 0 Å². The average molecular weight is 226 g/mol. The summed E-state index contributed by atoms with van der Waals surface area (Å²) in [5, 5.41) is 4.27. The molecule has 1 aromatic carbocycles. The second-order valence-corrected chi connectivity index (χ2v) is 4.33. The largest absolute Gasteiger partial charge is 0.379 e. The summed E-state index contributed by atoms with van der Waals surface area (Å²) in [5.41, 5.74) is 1.30. The van der Waals surface area contributed by atoms with Crippen molar-refractivity contribution in [2.75, 3.05) is 19.8 Å². The fraction of sp³-hybridized carbons (Fsp3) is 0.500. The first-order valence-electron chi connectivity index (χ1n) is 5.40. The van der Waals surface area contributed by atoms with Crippen molar-refractivity contribution in [3.05, 3.63) is 34.9 Å². The van der Waals surface area contributed by atoms with Crippen molar-refractivity contribution in [1.29, 1.82) is 0 Å². The lowest BCUT2D eigenvalue weighted by atomic mass is 10.1. The van der Waals surface area contributed by atoms with Crippen LogP contribution < -0.4 is 5.32 Å². The number of rotatable bonds is 3. The van der Waals surface area contributed by atoms with Crippen LogP contribution in [0.1, 0.15) is 12.0 Å². The lowest BCUT2D eigenvalue weighted by Crippen LogP contribution is -2.41. The molecule has 1 aromatic rings. The predicted octanol–water partition coefficient (Wildman–Crippen LogP) is 2.26. The van der Waals surface area contributed by atoms with Gasteiger partial charge in [-0.3, -0.25) is 0 Å². The molecule has 0 radical (unpaired) electrons. The number of halogens is 1. The number of hydrogen-bond donors (Lipinski definition) is 1. The van der Waals surface area contributed by atoms with E-state index in [1.807, 2.05) is 18.2 Å². The number of aryl methyl sites for hydroxylation is 1. The molecule has 1 aliphatic heterocycles. The average Bonchev–Trinajstić information content (AvgIpc) is 2.28. The zero-order chi connectivity index (χ0) is 10.5. The summed E-state index contributed by atoms with van der Waals surface area (Å²) in [6.45, 7) is 2.65. The maximum atomic E-state index is 5.93. The van der Waals surface area contributed by atoms with Gasteiger partial charge < -0.3 is 10.1 Å². The molecular weight excluding hydrogens is 210 g/mol. The van der Waals surface area contributed by atoms with Crippen LogP contribution in [0.25, 0.3) is 0 Å². The molecule has 1 N–H and O–H groups in total. The number of nitrogens with one attached hydrogen (secondary N) is 1. The molecular formula is C12H16ClNO. The number of morpholine rings is 1. The highest BCUT2D eigenvalue weighted by molar-refractivity contribution is 6.30. The van der Waals surface area contributed by atoms with E-state index in [9.17, 15) is 0 Å². The second-order valence-electron chi connectivity index (χ2n) is 3.89. The fourth-order valence-corrected chi connectivity index (χ4v) is 2.05. The molecule has 0 saturated carbocycles. The quantitative estimate of drug-likeness (QED) is 0.852. The topological polar surface area (TPSA) is 21.3 Å².